The number of hydrogen-bond donors (Lipinski definition) is 2. The normalized spacial score (nSPS) is 14.5. The minimum atomic E-state index is -0.816. The summed E-state index contributed by atoms with van der Waals surface area (Å²) in [5, 5.41) is 13.5. The number of benzene rings is 1. The average molecular weight is 422 g/mol. The molecule has 3 N–H and O–H groups in total. The number of anilines is 2. The van der Waals surface area contributed by atoms with E-state index in [0.29, 0.717) is 31.6 Å². The van der Waals surface area contributed by atoms with Crippen LogP contribution in [0.2, 0.25) is 5.02 Å². The number of carbonyl (C=O) groups excluding carboxylic acids is 2. The summed E-state index contributed by atoms with van der Waals surface area (Å²) in [5.41, 5.74) is 5.38. The van der Waals surface area contributed by atoms with Gasteiger partial charge in [-0.2, -0.15) is 0 Å². The second-order valence-electron chi connectivity index (χ2n) is 6.57. The van der Waals surface area contributed by atoms with Crippen LogP contribution in [-0.4, -0.2) is 34.8 Å². The molecule has 2 aromatic rings. The first-order valence-corrected chi connectivity index (χ1v) is 9.09. The zero-order valence-corrected chi connectivity index (χ0v) is 15.9. The highest BCUT2D eigenvalue weighted by molar-refractivity contribution is 6.31. The Hall–Kier alpha value is -3.27. The number of nitrogens with two attached hydrogens (primary N) is 1. The summed E-state index contributed by atoms with van der Waals surface area (Å²) in [6.45, 7) is 0.820. The number of carbonyl (C=O) groups is 2. The molecule has 1 saturated heterocycles. The van der Waals surface area contributed by atoms with Gasteiger partial charge in [-0.25, -0.2) is 9.37 Å². The molecule has 1 aliphatic heterocycles. The van der Waals surface area contributed by atoms with Gasteiger partial charge in [0, 0.05) is 30.8 Å². The van der Waals surface area contributed by atoms with Crippen molar-refractivity contribution < 1.29 is 18.9 Å². The number of halogens is 2. The number of nitrogens with one attached hydrogen (secondary N) is 1. The molecule has 1 fully saturated rings. The van der Waals surface area contributed by atoms with Crippen molar-refractivity contribution in [3.8, 4) is 0 Å². The molecule has 1 aliphatic rings. The molecule has 0 aliphatic carbocycles. The van der Waals surface area contributed by atoms with E-state index in [-0.39, 0.29) is 33.9 Å². The third-order valence-corrected chi connectivity index (χ3v) is 4.97. The van der Waals surface area contributed by atoms with Gasteiger partial charge in [-0.1, -0.05) is 11.6 Å². The Morgan fingerprint density at radius 1 is 1.31 bits per heavy atom. The molecule has 3 rings (SSSR count). The maximum atomic E-state index is 13.2. The van der Waals surface area contributed by atoms with E-state index in [1.807, 2.05) is 0 Å². The monoisotopic (exact) mass is 421 g/mol. The van der Waals surface area contributed by atoms with E-state index < -0.39 is 16.6 Å². The molecule has 0 atom stereocenters. The lowest BCUT2D eigenvalue weighted by Gasteiger charge is -2.32. The van der Waals surface area contributed by atoms with Gasteiger partial charge in [-0.3, -0.25) is 19.7 Å². The van der Waals surface area contributed by atoms with Crippen LogP contribution >= 0.6 is 11.6 Å². The topological polar surface area (TPSA) is 131 Å². The van der Waals surface area contributed by atoms with Gasteiger partial charge >= 0.3 is 0 Å². The van der Waals surface area contributed by atoms with Gasteiger partial charge in [0.1, 0.15) is 17.8 Å². The van der Waals surface area contributed by atoms with E-state index in [9.17, 15) is 24.1 Å². The fourth-order valence-corrected chi connectivity index (χ4v) is 3.33. The second kappa shape index (κ2) is 8.39. The molecule has 0 bridgehead atoms. The van der Waals surface area contributed by atoms with Crippen LogP contribution in [0.1, 0.15) is 23.2 Å². The number of nitrogens with zero attached hydrogens (tertiary/aromatic N) is 3. The summed E-state index contributed by atoms with van der Waals surface area (Å²) in [5.74, 6) is -1.65. The van der Waals surface area contributed by atoms with Gasteiger partial charge in [-0.05, 0) is 31.0 Å². The number of hydrogen-bond acceptors (Lipinski definition) is 6. The molecular formula is C18H17ClFN5O4. The minimum Gasteiger partial charge on any atom is -0.365 e. The number of aromatic nitrogens is 1. The molecule has 2 amide bonds. The minimum absolute atomic E-state index is 0.0388. The Kier molecular flexibility index (Phi) is 5.92. The number of piperidine rings is 1. The molecule has 152 valence electrons. The van der Waals surface area contributed by atoms with E-state index in [1.165, 1.54) is 18.2 Å². The molecule has 2 heterocycles. The van der Waals surface area contributed by atoms with Crippen molar-refractivity contribution in [3.05, 3.63) is 57.0 Å². The van der Waals surface area contributed by atoms with Crippen LogP contribution in [0.4, 0.5) is 21.6 Å². The average Bonchev–Trinajstić information content (AvgIpc) is 2.70. The second-order valence-corrected chi connectivity index (χ2v) is 6.97. The number of rotatable bonds is 5. The standard InChI is InChI=1S/C18H17ClFN5O4/c19-14-7-11(1-2-15(14)20)23-18(27)10-3-5-24(6-4-10)17-13(16(21)26)8-12(9-22-17)25(28)29/h1-2,7-10H,3-6H2,(H2,21,26)(H,23,27). The Morgan fingerprint density at radius 2 is 2.00 bits per heavy atom. The van der Waals surface area contributed by atoms with Gasteiger partial charge < -0.3 is 16.0 Å². The van der Waals surface area contributed by atoms with Crippen LogP contribution in [0.5, 0.6) is 0 Å². The SMILES string of the molecule is NC(=O)c1cc([N+](=O)[O-])cnc1N1CCC(C(=O)Nc2ccc(F)c(Cl)c2)CC1. The highest BCUT2D eigenvalue weighted by Gasteiger charge is 2.28. The number of amides is 2. The van der Waals surface area contributed by atoms with Gasteiger partial charge in [-0.15, -0.1) is 0 Å². The summed E-state index contributed by atoms with van der Waals surface area (Å²) < 4.78 is 13.2. The number of primary amides is 1. The van der Waals surface area contributed by atoms with E-state index in [2.05, 4.69) is 10.3 Å². The lowest BCUT2D eigenvalue weighted by molar-refractivity contribution is -0.385. The first kappa shape index (κ1) is 20.5. The molecule has 11 heteroatoms. The molecular weight excluding hydrogens is 405 g/mol. The van der Waals surface area contributed by atoms with Crippen molar-refractivity contribution in [2.75, 3.05) is 23.3 Å². The summed E-state index contributed by atoms with van der Waals surface area (Å²) in [6.07, 6.45) is 2.01. The number of nitro groups is 1. The first-order valence-electron chi connectivity index (χ1n) is 8.71. The fraction of sp³-hybridized carbons (Fsp3) is 0.278. The summed E-state index contributed by atoms with van der Waals surface area (Å²) in [4.78, 5) is 40.2. The van der Waals surface area contributed by atoms with Crippen LogP contribution in [-0.2, 0) is 4.79 Å². The molecule has 0 saturated carbocycles. The Balaban J connectivity index is 1.67. The Morgan fingerprint density at radius 3 is 2.59 bits per heavy atom. The largest absolute Gasteiger partial charge is 0.365 e. The fourth-order valence-electron chi connectivity index (χ4n) is 3.15. The van der Waals surface area contributed by atoms with Crippen molar-refractivity contribution in [2.24, 2.45) is 11.7 Å². The van der Waals surface area contributed by atoms with Gasteiger partial charge in [0.2, 0.25) is 5.91 Å². The predicted molar refractivity (Wildman–Crippen MR) is 104 cm³/mol. The predicted octanol–water partition coefficient (Wildman–Crippen LogP) is 2.74. The van der Waals surface area contributed by atoms with Crippen molar-refractivity contribution >= 4 is 40.6 Å². The Bertz CT molecular complexity index is 979. The Labute approximate surface area is 169 Å². The van der Waals surface area contributed by atoms with Crippen LogP contribution in [0.3, 0.4) is 0 Å². The van der Waals surface area contributed by atoms with Crippen LogP contribution in [0.25, 0.3) is 0 Å². The van der Waals surface area contributed by atoms with Gasteiger partial charge in [0.05, 0.1) is 15.5 Å². The van der Waals surface area contributed by atoms with E-state index in [0.717, 1.165) is 12.3 Å². The number of pyridine rings is 1. The van der Waals surface area contributed by atoms with Crippen LogP contribution < -0.4 is 16.0 Å². The van der Waals surface area contributed by atoms with Gasteiger partial charge in [0.25, 0.3) is 11.6 Å². The summed E-state index contributed by atoms with van der Waals surface area (Å²) in [7, 11) is 0. The van der Waals surface area contributed by atoms with Crippen molar-refractivity contribution in [3.63, 3.8) is 0 Å². The lowest BCUT2D eigenvalue weighted by Crippen LogP contribution is -2.39. The molecule has 29 heavy (non-hydrogen) atoms. The maximum absolute atomic E-state index is 13.2. The highest BCUT2D eigenvalue weighted by Crippen LogP contribution is 2.28. The third kappa shape index (κ3) is 4.60. The van der Waals surface area contributed by atoms with E-state index in [4.69, 9.17) is 17.3 Å². The molecule has 0 spiro atoms. The zero-order chi connectivity index (χ0) is 21.1. The molecule has 1 aromatic heterocycles. The van der Waals surface area contributed by atoms with E-state index in [1.54, 1.807) is 4.90 Å². The van der Waals surface area contributed by atoms with Crippen LogP contribution in [0, 0.1) is 21.8 Å². The quantitative estimate of drug-likeness (QED) is 0.563. The molecule has 1 aromatic carbocycles. The third-order valence-electron chi connectivity index (χ3n) is 4.68. The van der Waals surface area contributed by atoms with E-state index >= 15 is 0 Å². The summed E-state index contributed by atoms with van der Waals surface area (Å²) >= 11 is 5.72. The lowest BCUT2D eigenvalue weighted by atomic mass is 9.95. The molecule has 0 radical (unpaired) electrons. The molecule has 9 nitrogen and oxygen atoms in total. The van der Waals surface area contributed by atoms with Crippen molar-refractivity contribution in [1.29, 1.82) is 0 Å². The van der Waals surface area contributed by atoms with Crippen molar-refractivity contribution in [2.45, 2.75) is 12.8 Å². The summed E-state index contributed by atoms with van der Waals surface area (Å²) in [6, 6.07) is 5.03. The van der Waals surface area contributed by atoms with Crippen LogP contribution in [0.15, 0.2) is 30.5 Å². The first-order chi connectivity index (χ1) is 13.8. The highest BCUT2D eigenvalue weighted by atomic mass is 35.5. The molecule has 0 unspecified atom stereocenters. The van der Waals surface area contributed by atoms with Gasteiger partial charge in [0.15, 0.2) is 0 Å². The maximum Gasteiger partial charge on any atom is 0.288 e. The van der Waals surface area contributed by atoms with Crippen molar-refractivity contribution in [1.82, 2.24) is 4.98 Å². The smallest absolute Gasteiger partial charge is 0.288 e. The zero-order valence-electron chi connectivity index (χ0n) is 15.1.